The van der Waals surface area contributed by atoms with Gasteiger partial charge in [-0.3, -0.25) is 0 Å². The molecule has 0 radical (unpaired) electrons. The van der Waals surface area contributed by atoms with Crippen molar-refractivity contribution in [2.45, 2.75) is 86.3 Å². The van der Waals surface area contributed by atoms with Crippen molar-refractivity contribution in [1.29, 1.82) is 0 Å². The zero-order valence-electron chi connectivity index (χ0n) is 22.0. The Morgan fingerprint density at radius 2 is 1.61 bits per heavy atom. The first-order valence-electron chi connectivity index (χ1n) is 11.6. The number of aryl methyl sites for hydroxylation is 2. The summed E-state index contributed by atoms with van der Waals surface area (Å²) in [6.07, 6.45) is 3.62. The first-order chi connectivity index (χ1) is 15.0. The molecule has 1 heterocycles. The van der Waals surface area contributed by atoms with E-state index in [1.54, 1.807) is 0 Å². The van der Waals surface area contributed by atoms with Crippen LogP contribution in [0.1, 0.15) is 78.5 Å². The van der Waals surface area contributed by atoms with Gasteiger partial charge in [0.25, 0.3) is 0 Å². The molecule has 4 heteroatoms. The number of benzene rings is 2. The van der Waals surface area contributed by atoms with Crippen LogP contribution in [0.2, 0.25) is 0 Å². The van der Waals surface area contributed by atoms with Crippen molar-refractivity contribution < 1.29 is 20.4 Å². The molecule has 0 amide bonds. The van der Waals surface area contributed by atoms with Crippen molar-refractivity contribution in [3.8, 4) is 5.75 Å². The molecule has 1 saturated heterocycles. The van der Waals surface area contributed by atoms with E-state index >= 15 is 0 Å². The van der Waals surface area contributed by atoms with Gasteiger partial charge in [0.2, 0.25) is 0 Å². The van der Waals surface area contributed by atoms with E-state index in [0.717, 1.165) is 24.2 Å². The van der Waals surface area contributed by atoms with Crippen molar-refractivity contribution in [3.63, 3.8) is 0 Å². The first-order valence-corrected chi connectivity index (χ1v) is 14.9. The summed E-state index contributed by atoms with van der Waals surface area (Å²) in [4.78, 5) is 2.55. The molecule has 1 fully saturated rings. The van der Waals surface area contributed by atoms with Gasteiger partial charge in [-0.2, -0.15) is 0 Å². The number of nitrogens with zero attached hydrogens (tertiary/aromatic N) is 1. The molecule has 0 bridgehead atoms. The Bertz CT molecular complexity index is 882. The molecule has 2 aromatic carbocycles. The van der Waals surface area contributed by atoms with Crippen LogP contribution in [0.5, 0.6) is 5.75 Å². The van der Waals surface area contributed by atoms with Crippen LogP contribution < -0.4 is 9.64 Å². The van der Waals surface area contributed by atoms with Gasteiger partial charge in [-0.15, -0.1) is 5.41 Å². The summed E-state index contributed by atoms with van der Waals surface area (Å²) in [5.74, 6) is 0.924. The minimum atomic E-state index is -0.191. The fraction of sp³-hybridized carbons (Fsp3) is 0.483. The number of hydrogen-bond donors (Lipinski definition) is 0. The molecular formula is C29H43ClNORu-2. The van der Waals surface area contributed by atoms with Crippen LogP contribution >= 0.6 is 9.69 Å². The largest absolute Gasteiger partial charge is 0.517 e. The van der Waals surface area contributed by atoms with Crippen LogP contribution in [-0.2, 0) is 28.5 Å². The van der Waals surface area contributed by atoms with E-state index < -0.39 is 0 Å². The van der Waals surface area contributed by atoms with E-state index in [4.69, 9.17) is 14.4 Å². The average Bonchev–Trinajstić information content (AvgIpc) is 2.95. The van der Waals surface area contributed by atoms with Crippen LogP contribution in [0.25, 0.3) is 0 Å². The molecule has 3 rings (SSSR count). The van der Waals surface area contributed by atoms with Crippen LogP contribution in [0.4, 0.5) is 5.69 Å². The molecule has 0 aliphatic carbocycles. The summed E-state index contributed by atoms with van der Waals surface area (Å²) < 4.78 is 7.66. The van der Waals surface area contributed by atoms with E-state index in [0.29, 0.717) is 0 Å². The zero-order valence-corrected chi connectivity index (χ0v) is 24.5. The second kappa shape index (κ2) is 13.1. The van der Waals surface area contributed by atoms with Crippen LogP contribution in [0.15, 0.2) is 42.5 Å². The predicted molar refractivity (Wildman–Crippen MR) is 144 cm³/mol. The number of halogens is 1. The van der Waals surface area contributed by atoms with Gasteiger partial charge < -0.3 is 12.3 Å². The maximum absolute atomic E-state index is 5.72. The fourth-order valence-corrected chi connectivity index (χ4v) is 5.74. The van der Waals surface area contributed by atoms with Crippen molar-refractivity contribution in [1.82, 2.24) is 0 Å². The third kappa shape index (κ3) is 8.22. The van der Waals surface area contributed by atoms with Crippen molar-refractivity contribution in [2.24, 2.45) is 5.41 Å². The van der Waals surface area contributed by atoms with Gasteiger partial charge in [0.15, 0.2) is 0 Å². The summed E-state index contributed by atoms with van der Waals surface area (Å²) in [6.45, 7) is 20.4. The van der Waals surface area contributed by atoms with E-state index in [1.807, 2.05) is 42.7 Å². The second-order valence-electron chi connectivity index (χ2n) is 9.99. The normalized spacial score (nSPS) is 16.6. The molecule has 1 aliphatic heterocycles. The zero-order chi connectivity index (χ0) is 23.9. The molecule has 0 aromatic heterocycles. The van der Waals surface area contributed by atoms with Crippen molar-refractivity contribution in [2.75, 3.05) is 4.90 Å². The van der Waals surface area contributed by atoms with Crippen LogP contribution in [0.3, 0.4) is 0 Å². The Kier molecular flexibility index (Phi) is 11.8. The van der Waals surface area contributed by atoms with Crippen molar-refractivity contribution in [3.05, 3.63) is 73.1 Å². The molecule has 33 heavy (non-hydrogen) atoms. The van der Waals surface area contributed by atoms with Gasteiger partial charge in [-0.25, -0.2) is 6.54 Å². The molecule has 0 saturated carbocycles. The van der Waals surface area contributed by atoms with Crippen LogP contribution in [-0.4, -0.2) is 16.3 Å². The maximum atomic E-state index is 5.72. The minimum Gasteiger partial charge on any atom is -0.517 e. The van der Waals surface area contributed by atoms with Crippen LogP contribution in [0, 0.1) is 19.4 Å². The van der Waals surface area contributed by atoms with E-state index in [9.17, 15) is 0 Å². The topological polar surface area (TPSA) is 12.5 Å². The third-order valence-corrected chi connectivity index (χ3v) is 6.84. The predicted octanol–water partition coefficient (Wildman–Crippen LogP) is 8.30. The fourth-order valence-electron chi connectivity index (χ4n) is 4.63. The van der Waals surface area contributed by atoms with Crippen molar-refractivity contribution >= 4 is 20.0 Å². The number of ether oxygens (including phenoxy) is 1. The summed E-state index contributed by atoms with van der Waals surface area (Å²) in [6, 6.07) is 14.7. The Balaban J connectivity index is 0.000000343. The van der Waals surface area contributed by atoms with Gasteiger partial charge >= 0.3 is 90.3 Å². The maximum Gasteiger partial charge on any atom is 0.0140 e. The summed E-state index contributed by atoms with van der Waals surface area (Å²) in [5, 5.41) is 0. The Morgan fingerprint density at radius 1 is 1.03 bits per heavy atom. The molecule has 187 valence electrons. The van der Waals surface area contributed by atoms with Gasteiger partial charge in [0.1, 0.15) is 0 Å². The van der Waals surface area contributed by atoms with Gasteiger partial charge in [0, 0.05) is 11.2 Å². The standard InChI is InChI=1S/C18H28N.C10H12O.CH3.ClH.Ru/c1-7-14-10-9-11-15(8-2)16(14)19-13-17(3,4)12-18(19,5)6;1-8(2)11-10-7-5-4-6-9(10)3;;;/h9-11,13H,7-8,12H2,1-6H3;3-8H,1-2H3;1H3;1H;/q-1;;-1;;+1/p-1. The number of rotatable bonds is 6. The quantitative estimate of drug-likeness (QED) is 0.261. The third-order valence-electron chi connectivity index (χ3n) is 5.66. The first kappa shape index (κ1) is 29.9. The minimum absolute atomic E-state index is 0. The SMILES string of the molecule is CC(C)Oc1ccccc1[CH]=[Ru][Cl].CCc1cccc(CC)c1N1[CH-]C(C)(C)CC1(C)C.[CH3-]. The Labute approximate surface area is 215 Å². The Hall–Kier alpha value is -1.18. The van der Waals surface area contributed by atoms with E-state index in [1.165, 1.54) is 23.2 Å². The molecule has 2 aromatic rings. The molecule has 0 unspecified atom stereocenters. The summed E-state index contributed by atoms with van der Waals surface area (Å²) >= 11 is -0.191. The molecule has 2 nitrogen and oxygen atoms in total. The van der Waals surface area contributed by atoms with Gasteiger partial charge in [-0.1, -0.05) is 52.3 Å². The summed E-state index contributed by atoms with van der Waals surface area (Å²) in [5.41, 5.74) is 6.00. The van der Waals surface area contributed by atoms with E-state index in [-0.39, 0.29) is 40.2 Å². The molecule has 0 atom stereocenters. The number of anilines is 1. The molecular weight excluding hydrogens is 515 g/mol. The Morgan fingerprint density at radius 3 is 2.06 bits per heavy atom. The van der Waals surface area contributed by atoms with E-state index in [2.05, 4.69) is 71.2 Å². The monoisotopic (exact) mass is 558 g/mol. The van der Waals surface area contributed by atoms with Gasteiger partial charge in [0.05, 0.1) is 0 Å². The number of hydrogen-bond acceptors (Lipinski definition) is 2. The smallest absolute Gasteiger partial charge is 0.0140 e. The average molecular weight is 558 g/mol. The number of para-hydroxylation sites is 2. The molecule has 0 N–H and O–H groups in total. The molecule has 1 aliphatic rings. The summed E-state index contributed by atoms with van der Waals surface area (Å²) in [7, 11) is 5.72. The molecule has 0 spiro atoms. The second-order valence-corrected chi connectivity index (χ2v) is 11.8. The van der Waals surface area contributed by atoms with Gasteiger partial charge in [-0.05, 0) is 37.8 Å².